The molecule has 0 radical (unpaired) electrons. The van der Waals surface area contributed by atoms with E-state index in [1.165, 1.54) is 16.0 Å². The summed E-state index contributed by atoms with van der Waals surface area (Å²) in [4.78, 5) is 1.35. The van der Waals surface area contributed by atoms with Crippen LogP contribution >= 0.6 is 23.5 Å². The largest absolute Gasteiger partial charge is 0.126 e. The SMILES string of the molecule is C1=CSC(C2=CSc3ccccc3C=C2)C1. The van der Waals surface area contributed by atoms with Gasteiger partial charge in [0.1, 0.15) is 0 Å². The van der Waals surface area contributed by atoms with Crippen molar-refractivity contribution < 1.29 is 0 Å². The third kappa shape index (κ3) is 2.00. The fourth-order valence-corrected chi connectivity index (χ4v) is 3.82. The molecule has 80 valence electrons. The minimum absolute atomic E-state index is 0.623. The summed E-state index contributed by atoms with van der Waals surface area (Å²) in [7, 11) is 0. The maximum Gasteiger partial charge on any atom is 0.0378 e. The van der Waals surface area contributed by atoms with E-state index in [9.17, 15) is 0 Å². The van der Waals surface area contributed by atoms with Crippen LogP contribution in [0.25, 0.3) is 6.08 Å². The van der Waals surface area contributed by atoms with Crippen LogP contribution in [0.1, 0.15) is 12.0 Å². The summed E-state index contributed by atoms with van der Waals surface area (Å²) < 4.78 is 0. The molecule has 1 atom stereocenters. The molecule has 0 aliphatic carbocycles. The summed E-state index contributed by atoms with van der Waals surface area (Å²) in [6.45, 7) is 0. The van der Waals surface area contributed by atoms with E-state index in [1.54, 1.807) is 0 Å². The highest BCUT2D eigenvalue weighted by Gasteiger charge is 2.15. The Balaban J connectivity index is 1.88. The second-order valence-electron chi connectivity index (χ2n) is 3.84. The van der Waals surface area contributed by atoms with Gasteiger partial charge < -0.3 is 0 Å². The van der Waals surface area contributed by atoms with Crippen LogP contribution in [0.2, 0.25) is 0 Å². The predicted molar refractivity (Wildman–Crippen MR) is 74.6 cm³/mol. The number of benzene rings is 1. The van der Waals surface area contributed by atoms with E-state index in [4.69, 9.17) is 0 Å². The zero-order valence-corrected chi connectivity index (χ0v) is 10.4. The van der Waals surface area contributed by atoms with Gasteiger partial charge in [-0.25, -0.2) is 0 Å². The average molecular weight is 244 g/mol. The van der Waals surface area contributed by atoms with Gasteiger partial charge in [0.15, 0.2) is 0 Å². The van der Waals surface area contributed by atoms with E-state index in [0.717, 1.165) is 6.42 Å². The molecule has 0 aromatic heterocycles. The Labute approximate surface area is 105 Å². The number of hydrogen-bond donors (Lipinski definition) is 0. The summed E-state index contributed by atoms with van der Waals surface area (Å²) in [5.74, 6) is 0. The van der Waals surface area contributed by atoms with Crippen molar-refractivity contribution in [3.05, 3.63) is 58.4 Å². The first-order valence-corrected chi connectivity index (χ1v) is 7.20. The van der Waals surface area contributed by atoms with Crippen LogP contribution in [0, 0.1) is 0 Å². The van der Waals surface area contributed by atoms with E-state index in [1.807, 2.05) is 23.5 Å². The fourth-order valence-electron chi connectivity index (χ4n) is 1.87. The smallest absolute Gasteiger partial charge is 0.0378 e. The Morgan fingerprint density at radius 3 is 2.94 bits per heavy atom. The first kappa shape index (κ1) is 10.3. The van der Waals surface area contributed by atoms with Crippen LogP contribution in [0.4, 0.5) is 0 Å². The topological polar surface area (TPSA) is 0 Å². The Morgan fingerprint density at radius 2 is 2.06 bits per heavy atom. The molecular formula is C14H12S2. The quantitative estimate of drug-likeness (QED) is 0.701. The lowest BCUT2D eigenvalue weighted by Crippen LogP contribution is -1.98. The van der Waals surface area contributed by atoms with Crippen molar-refractivity contribution in [1.82, 2.24) is 0 Å². The van der Waals surface area contributed by atoms with Gasteiger partial charge >= 0.3 is 0 Å². The summed E-state index contributed by atoms with van der Waals surface area (Å²) in [6.07, 6.45) is 7.92. The zero-order chi connectivity index (χ0) is 10.8. The van der Waals surface area contributed by atoms with E-state index < -0.39 is 0 Å². The summed E-state index contributed by atoms with van der Waals surface area (Å²) in [5.41, 5.74) is 2.77. The van der Waals surface area contributed by atoms with Crippen molar-refractivity contribution in [3.63, 3.8) is 0 Å². The molecule has 2 heteroatoms. The van der Waals surface area contributed by atoms with Gasteiger partial charge in [-0.1, -0.05) is 48.2 Å². The lowest BCUT2D eigenvalue weighted by atomic mass is 10.1. The Morgan fingerprint density at radius 1 is 1.12 bits per heavy atom. The normalized spacial score (nSPS) is 22.8. The molecule has 1 unspecified atom stereocenters. The van der Waals surface area contributed by atoms with Gasteiger partial charge in [0, 0.05) is 10.1 Å². The van der Waals surface area contributed by atoms with E-state index in [0.29, 0.717) is 5.25 Å². The molecule has 0 nitrogen and oxygen atoms in total. The Bertz CT molecular complexity index is 475. The van der Waals surface area contributed by atoms with Crippen LogP contribution in [0.15, 0.2) is 57.7 Å². The number of allylic oxidation sites excluding steroid dienone is 2. The minimum Gasteiger partial charge on any atom is -0.126 e. The molecule has 0 saturated heterocycles. The highest BCUT2D eigenvalue weighted by molar-refractivity contribution is 8.03. The van der Waals surface area contributed by atoms with Crippen LogP contribution in [-0.4, -0.2) is 5.25 Å². The van der Waals surface area contributed by atoms with Gasteiger partial charge in [-0.2, -0.15) is 0 Å². The summed E-state index contributed by atoms with van der Waals surface area (Å²) in [6, 6.07) is 8.56. The van der Waals surface area contributed by atoms with Gasteiger partial charge in [0.25, 0.3) is 0 Å². The lowest BCUT2D eigenvalue weighted by Gasteiger charge is -2.08. The summed E-state index contributed by atoms with van der Waals surface area (Å²) in [5, 5.41) is 5.13. The second kappa shape index (κ2) is 4.56. The van der Waals surface area contributed by atoms with Crippen molar-refractivity contribution in [1.29, 1.82) is 0 Å². The molecule has 0 N–H and O–H groups in total. The summed E-state index contributed by atoms with van der Waals surface area (Å²) >= 11 is 3.76. The third-order valence-electron chi connectivity index (χ3n) is 2.76. The van der Waals surface area contributed by atoms with Gasteiger partial charge in [-0.3, -0.25) is 0 Å². The second-order valence-corrected chi connectivity index (χ2v) is 5.86. The first-order valence-electron chi connectivity index (χ1n) is 5.38. The first-order chi connectivity index (χ1) is 7.93. The van der Waals surface area contributed by atoms with Crippen molar-refractivity contribution in [3.8, 4) is 0 Å². The Kier molecular flexibility index (Phi) is 2.94. The van der Waals surface area contributed by atoms with E-state index >= 15 is 0 Å². The number of fused-ring (bicyclic) bond motifs is 1. The van der Waals surface area contributed by atoms with Crippen molar-refractivity contribution in [2.45, 2.75) is 16.6 Å². The molecule has 0 spiro atoms. The molecule has 16 heavy (non-hydrogen) atoms. The van der Waals surface area contributed by atoms with Crippen LogP contribution in [0.3, 0.4) is 0 Å². The molecule has 1 aromatic rings. The highest BCUT2D eigenvalue weighted by Crippen LogP contribution is 2.36. The van der Waals surface area contributed by atoms with Crippen molar-refractivity contribution in [2.75, 3.05) is 0 Å². The molecule has 3 rings (SSSR count). The zero-order valence-electron chi connectivity index (χ0n) is 8.80. The van der Waals surface area contributed by atoms with Gasteiger partial charge in [0.05, 0.1) is 0 Å². The number of rotatable bonds is 1. The average Bonchev–Trinajstić information content (AvgIpc) is 2.76. The predicted octanol–water partition coefficient (Wildman–Crippen LogP) is 4.71. The maximum atomic E-state index is 2.30. The lowest BCUT2D eigenvalue weighted by molar-refractivity contribution is 1.06. The third-order valence-corrected chi connectivity index (χ3v) is 4.92. The molecule has 0 bridgehead atoms. The molecule has 2 aliphatic rings. The standard InChI is InChI=1S/C14H12S2/c1-2-5-13-11(4-1)7-8-12(10-16-13)14-6-3-9-15-14/h1-5,7-10,14H,6H2. The van der Waals surface area contributed by atoms with Crippen molar-refractivity contribution >= 4 is 29.6 Å². The van der Waals surface area contributed by atoms with Gasteiger partial charge in [-0.15, -0.1) is 11.8 Å². The van der Waals surface area contributed by atoms with E-state index in [2.05, 4.69) is 53.3 Å². The molecule has 0 amide bonds. The molecule has 2 aliphatic heterocycles. The molecule has 1 aromatic carbocycles. The van der Waals surface area contributed by atoms with Gasteiger partial charge in [0.2, 0.25) is 0 Å². The van der Waals surface area contributed by atoms with Crippen molar-refractivity contribution in [2.24, 2.45) is 0 Å². The maximum absolute atomic E-state index is 2.30. The number of hydrogen-bond acceptors (Lipinski definition) is 2. The molecule has 2 heterocycles. The van der Waals surface area contributed by atoms with Crippen LogP contribution < -0.4 is 0 Å². The van der Waals surface area contributed by atoms with Gasteiger partial charge in [-0.05, 0) is 34.4 Å². The Hall–Kier alpha value is -0.860. The van der Waals surface area contributed by atoms with Crippen LogP contribution in [0.5, 0.6) is 0 Å². The van der Waals surface area contributed by atoms with E-state index in [-0.39, 0.29) is 0 Å². The fraction of sp³-hybridized carbons (Fsp3) is 0.143. The highest BCUT2D eigenvalue weighted by atomic mass is 32.2. The monoisotopic (exact) mass is 244 g/mol. The number of thioether (sulfide) groups is 2. The molecule has 0 saturated carbocycles. The van der Waals surface area contributed by atoms with Crippen LogP contribution in [-0.2, 0) is 0 Å². The molecular weight excluding hydrogens is 232 g/mol. The molecule has 0 fully saturated rings. The minimum atomic E-state index is 0.623.